The third-order valence-electron chi connectivity index (χ3n) is 26.2. The Morgan fingerprint density at radius 3 is 0.907 bits per heavy atom. The topological polar surface area (TPSA) is 382 Å². The van der Waals surface area contributed by atoms with Gasteiger partial charge >= 0.3 is 46.6 Å². The van der Waals surface area contributed by atoms with E-state index in [1.165, 1.54) is 54.0 Å². The van der Waals surface area contributed by atoms with Crippen molar-refractivity contribution in [2.45, 2.75) is 86.1 Å². The van der Waals surface area contributed by atoms with Gasteiger partial charge in [0.1, 0.15) is 46.5 Å². The highest BCUT2D eigenvalue weighted by molar-refractivity contribution is 6.09. The van der Waals surface area contributed by atoms with Crippen LogP contribution in [0.15, 0.2) is 374 Å². The molecule has 0 bridgehead atoms. The number of aromatic nitrogens is 16. The molecule has 4 atom stereocenters. The van der Waals surface area contributed by atoms with Crippen LogP contribution in [0.1, 0.15) is 123 Å². The quantitative estimate of drug-likeness (QED) is 0.0371. The number of allylic oxidation sites excluding steroid dienone is 3. The van der Waals surface area contributed by atoms with E-state index in [1.807, 2.05) is 257 Å². The van der Waals surface area contributed by atoms with E-state index in [-0.39, 0.29) is 66.5 Å². The number of hydrogen-bond acceptors (Lipinski definition) is 25. The second-order valence-electron chi connectivity index (χ2n) is 35.3. The number of aromatic hydroxyl groups is 1. The van der Waals surface area contributed by atoms with Gasteiger partial charge in [0.05, 0.1) is 118 Å². The van der Waals surface area contributed by atoms with Crippen molar-refractivity contribution < 1.29 is 52.0 Å². The van der Waals surface area contributed by atoms with Gasteiger partial charge in [-0.1, -0.05) is 194 Å². The first-order valence-corrected chi connectivity index (χ1v) is 48.5. The molecule has 150 heavy (non-hydrogen) atoms. The minimum atomic E-state index is -0.607. The zero-order chi connectivity index (χ0) is 104. The highest BCUT2D eigenvalue weighted by Gasteiger charge is 2.44. The number of fused-ring (bicyclic) bond motifs is 12. The number of rotatable bonds is 19. The fourth-order valence-corrected chi connectivity index (χ4v) is 19.7. The van der Waals surface area contributed by atoms with Gasteiger partial charge in [0.2, 0.25) is 0 Å². The summed E-state index contributed by atoms with van der Waals surface area (Å²) in [5.74, 6) is -0.847. The molecule has 19 aromatic rings. The van der Waals surface area contributed by atoms with Crippen LogP contribution in [-0.4, -0.2) is 138 Å². The molecule has 12 heterocycles. The molecule has 23 rings (SSSR count). The lowest BCUT2D eigenvalue weighted by Crippen LogP contribution is -2.37. The van der Waals surface area contributed by atoms with Gasteiger partial charge < -0.3 is 45.3 Å². The van der Waals surface area contributed by atoms with Crippen LogP contribution in [0.4, 0.5) is 32.1 Å². The van der Waals surface area contributed by atoms with Crippen LogP contribution < -0.4 is 44.0 Å². The van der Waals surface area contributed by atoms with Crippen LogP contribution in [-0.2, 0) is 38.1 Å². The Bertz CT molecular complexity index is 8620. The number of aryl methyl sites for hydroxylation is 1. The normalized spacial score (nSPS) is 14.8. The van der Waals surface area contributed by atoms with E-state index < -0.39 is 70.7 Å². The third kappa shape index (κ3) is 17.8. The van der Waals surface area contributed by atoms with E-state index in [0.717, 1.165) is 22.3 Å². The molecule has 4 unspecified atom stereocenters. The van der Waals surface area contributed by atoms with Crippen LogP contribution in [0.25, 0.3) is 85.1 Å². The molecule has 0 fully saturated rings. The smallest absolute Gasteiger partial charge is 0.341 e. The Morgan fingerprint density at radius 1 is 0.313 bits per heavy atom. The molecule has 33 nitrogen and oxygen atoms in total. The molecule has 0 aliphatic carbocycles. The van der Waals surface area contributed by atoms with Crippen molar-refractivity contribution >= 4 is 75.3 Å². The largest absolute Gasteiger partial charge is 0.508 e. The second-order valence-corrected chi connectivity index (χ2v) is 35.3. The maximum absolute atomic E-state index is 14.2. The van der Waals surface area contributed by atoms with Gasteiger partial charge in [0.25, 0.3) is 0 Å². The number of carbonyl (C=O) groups is 4. The van der Waals surface area contributed by atoms with E-state index in [9.17, 15) is 52.2 Å². The van der Waals surface area contributed by atoms with Crippen molar-refractivity contribution in [3.63, 3.8) is 0 Å². The first kappa shape index (κ1) is 97.9. The first-order valence-electron chi connectivity index (χ1n) is 48.5. The molecule has 11 aromatic carbocycles. The predicted molar refractivity (Wildman–Crippen MR) is 563 cm³/mol. The number of halogens is 2. The van der Waals surface area contributed by atoms with Crippen molar-refractivity contribution in [1.29, 1.82) is 0 Å². The number of ether oxygens (including phenoxy) is 4. The number of benzene rings is 11. The Kier molecular flexibility index (Phi) is 27.2. The van der Waals surface area contributed by atoms with Crippen LogP contribution in [0, 0.1) is 18.6 Å². The number of esters is 4. The molecule has 0 radical (unpaired) electrons. The van der Waals surface area contributed by atoms with E-state index in [2.05, 4.69) is 62.1 Å². The zero-order valence-corrected chi connectivity index (χ0v) is 82.4. The average molecular weight is 2000 g/mol. The number of nitrogens with one attached hydrogen (secondary N) is 4. The zero-order valence-electron chi connectivity index (χ0n) is 82.4. The van der Waals surface area contributed by atoms with Gasteiger partial charge in [0, 0.05) is 39.4 Å². The van der Waals surface area contributed by atoms with Gasteiger partial charge in [-0.2, -0.15) is 0 Å². The number of hydrogen-bond donors (Lipinski definition) is 5. The minimum Gasteiger partial charge on any atom is -0.508 e. The summed E-state index contributed by atoms with van der Waals surface area (Å²) >= 11 is 0. The standard InChI is InChI=1S/2C30H24FN5O3.C30H25N5O4.C25H23N5O3/c2*1-3-39-29(37)23-18(2)32-27-25(24(23)19-10-6-4-7-11-19)28-34-33-26(20-14-16-21(31)17-15-20)36(28)30(38)35(27)22-12-8-5-9-13-22;1-3-39-29(37)23-18(2)31-27-25(24(23)19-10-6-4-7-11-19)28-33-32-26(20-14-16-22(36)17-15-20)35(28)30(38)34(27)21-12-8-5-9-13-21;1-4-33-24(31)19-15(2)26-22-21(20(19)17-11-7-5-8-12-17)23-28-27-16(3)29(23)25(32)30(22)18-13-9-6-10-14-18/h4-17,24,32H,3H2,1-2H3;4-18,32H,3H2,1-2H3;4-17,24,31,36H,3H2,1-2H3;5-14,20,26H,4H2,1-3H3. The summed E-state index contributed by atoms with van der Waals surface area (Å²) in [5, 5.41) is 58.2. The Balaban J connectivity index is 0.000000121. The molecule has 0 amide bonds. The minimum absolute atomic E-state index is 0.0969. The first-order chi connectivity index (χ1) is 73.0. The van der Waals surface area contributed by atoms with Crippen molar-refractivity contribution in [2.24, 2.45) is 0 Å². The number of anilines is 4. The van der Waals surface area contributed by atoms with Gasteiger partial charge in [-0.3, -0.25) is 0 Å². The molecular weight excluding hydrogens is 1910 g/mol. The second kappa shape index (κ2) is 41.7. The van der Waals surface area contributed by atoms with Gasteiger partial charge in [-0.15, -0.1) is 40.8 Å². The Morgan fingerprint density at radius 2 is 0.580 bits per heavy atom. The monoisotopic (exact) mass is 2000 g/mol. The summed E-state index contributed by atoms with van der Waals surface area (Å²) in [6, 6.07) is 92.8. The number of nitrogens with zero attached hydrogens (tertiary/aromatic N) is 16. The molecule has 35 heteroatoms. The molecule has 4 aliphatic heterocycles. The van der Waals surface area contributed by atoms with Crippen molar-refractivity contribution in [3.8, 4) is 62.7 Å². The lowest BCUT2D eigenvalue weighted by atomic mass is 9.82. The lowest BCUT2D eigenvalue weighted by molar-refractivity contribution is -0.139. The van der Waals surface area contributed by atoms with E-state index >= 15 is 0 Å². The number of carbonyl (C=O) groups excluding carboxylic acids is 4. The summed E-state index contributed by atoms with van der Waals surface area (Å²) in [7, 11) is 0. The predicted octanol–water partition coefficient (Wildman–Crippen LogP) is 18.2. The number of phenolic OH excluding ortho intramolecular Hbond substituents is 1. The highest BCUT2D eigenvalue weighted by Crippen LogP contribution is 2.50. The summed E-state index contributed by atoms with van der Waals surface area (Å²) in [5.41, 5.74) is 13.9. The number of phenols is 1. The highest BCUT2D eigenvalue weighted by atomic mass is 19.1. The fourth-order valence-electron chi connectivity index (χ4n) is 19.7. The van der Waals surface area contributed by atoms with E-state index in [1.54, 1.807) is 103 Å². The van der Waals surface area contributed by atoms with Crippen LogP contribution in [0.3, 0.4) is 0 Å². The third-order valence-corrected chi connectivity index (χ3v) is 26.2. The molecule has 8 aromatic heterocycles. The van der Waals surface area contributed by atoms with E-state index in [4.69, 9.17) is 18.9 Å². The van der Waals surface area contributed by atoms with Crippen LogP contribution in [0.2, 0.25) is 0 Å². The molecule has 0 saturated heterocycles. The Labute approximate surface area is 854 Å². The maximum atomic E-state index is 14.2. The molecule has 4 aliphatic rings. The molecule has 0 saturated carbocycles. The average Bonchev–Trinajstić information content (AvgIpc) is 1.56. The molecule has 748 valence electrons. The summed E-state index contributed by atoms with van der Waals surface area (Å²) in [6.45, 7) is 17.0. The Hall–Kier alpha value is -19.5. The number of para-hydroxylation sites is 4. The molecule has 0 spiro atoms. The lowest BCUT2D eigenvalue weighted by Gasteiger charge is -2.32. The van der Waals surface area contributed by atoms with Crippen LogP contribution >= 0.6 is 0 Å². The summed E-state index contributed by atoms with van der Waals surface area (Å²) in [4.78, 5) is 110. The molecular formula is C115H96F2N20O13. The summed E-state index contributed by atoms with van der Waals surface area (Å²) < 4.78 is 61.4. The van der Waals surface area contributed by atoms with Crippen molar-refractivity contribution in [3.05, 3.63) is 459 Å². The van der Waals surface area contributed by atoms with Crippen LogP contribution in [0.5, 0.6) is 5.75 Å². The van der Waals surface area contributed by atoms with Crippen molar-refractivity contribution in [1.82, 2.24) is 76.7 Å². The van der Waals surface area contributed by atoms with Gasteiger partial charge in [-0.25, -0.2) is 83.0 Å². The summed E-state index contributed by atoms with van der Waals surface area (Å²) in [6.07, 6.45) is 0. The van der Waals surface area contributed by atoms with Gasteiger partial charge in [-0.05, 0) is 206 Å². The molecule has 5 N–H and O–H groups in total. The SMILES string of the molecule is CCOC(=O)C1=C(C)Nc2c(c3nnc(-c4ccc(F)cc4)n3c(=O)n2-c2ccccc2)C1c1ccccc1.CCOC(=O)C1=C(C)Nc2c(c3nnc(-c4ccc(O)cc4)n3c(=O)n2-c2ccccc2)C1c1ccccc1.CCOC(=O)C1=C(C)Nc2c(c3nnc(C)n3c(=O)n2-c2ccccc2)C1c1ccccc1.CCOC(=O)C1=C(c2ccccc2)c2c(n(-c3ccccc3)c(=O)n3c(-c4ccc(F)cc4)nnc23)NC1C. The van der Waals surface area contributed by atoms with E-state index in [0.29, 0.717) is 153 Å². The fraction of sp³-hybridized carbons (Fsp3) is 0.148. The maximum Gasteiger partial charge on any atom is 0.341 e. The van der Waals surface area contributed by atoms with Crippen molar-refractivity contribution in [2.75, 3.05) is 47.7 Å². The van der Waals surface area contributed by atoms with Gasteiger partial charge in [0.15, 0.2) is 40.1 Å².